The van der Waals surface area contributed by atoms with Gasteiger partial charge in [-0.3, -0.25) is 4.57 Å². The van der Waals surface area contributed by atoms with E-state index in [1.54, 1.807) is 16.7 Å². The first-order chi connectivity index (χ1) is 15.8. The first-order valence-electron chi connectivity index (χ1n) is 11.4. The van der Waals surface area contributed by atoms with Crippen LogP contribution in [0.25, 0.3) is 11.3 Å². The lowest BCUT2D eigenvalue weighted by atomic mass is 9.94. The van der Waals surface area contributed by atoms with Gasteiger partial charge in [0.25, 0.3) is 0 Å². The first kappa shape index (κ1) is 24.5. The fraction of sp³-hybridized carbons (Fsp3) is 0.385. The summed E-state index contributed by atoms with van der Waals surface area (Å²) in [5.41, 5.74) is 1.84. The van der Waals surface area contributed by atoms with Gasteiger partial charge in [-0.2, -0.15) is 18.2 Å². The predicted octanol–water partition coefficient (Wildman–Crippen LogP) is 5.40. The van der Waals surface area contributed by atoms with Crippen molar-refractivity contribution in [1.29, 1.82) is 0 Å². The molecule has 0 unspecified atom stereocenters. The Morgan fingerprint density at radius 1 is 0.971 bits per heavy atom. The van der Waals surface area contributed by atoms with E-state index in [1.165, 1.54) is 12.1 Å². The molecule has 2 aromatic carbocycles. The molecule has 0 radical (unpaired) electrons. The minimum atomic E-state index is -4.29. The minimum Gasteiger partial charge on any atom is -0.302 e. The fourth-order valence-corrected chi connectivity index (χ4v) is 5.18. The van der Waals surface area contributed by atoms with Crippen LogP contribution in [-0.2, 0) is 18.1 Å². The number of hydrogen-bond donors (Lipinski definition) is 0. The Labute approximate surface area is 202 Å². The third-order valence-electron chi connectivity index (χ3n) is 7.07. The molecule has 1 aliphatic heterocycles. The molecule has 2 aliphatic rings. The maximum absolute atomic E-state index is 12.8. The van der Waals surface area contributed by atoms with Gasteiger partial charge in [-0.15, -0.1) is 12.4 Å². The van der Waals surface area contributed by atoms with E-state index >= 15 is 0 Å². The van der Waals surface area contributed by atoms with Crippen LogP contribution in [0.4, 0.5) is 13.2 Å². The number of likely N-dealkylation sites (tertiary alicyclic amines) is 1. The van der Waals surface area contributed by atoms with Crippen molar-refractivity contribution in [3.63, 3.8) is 0 Å². The second-order valence-electron chi connectivity index (χ2n) is 9.23. The first-order valence-corrected chi connectivity index (χ1v) is 11.4. The van der Waals surface area contributed by atoms with Crippen LogP contribution in [0.3, 0.4) is 0 Å². The fourth-order valence-electron chi connectivity index (χ4n) is 5.18. The smallest absolute Gasteiger partial charge is 0.302 e. The van der Waals surface area contributed by atoms with Crippen molar-refractivity contribution >= 4 is 12.4 Å². The van der Waals surface area contributed by atoms with Gasteiger partial charge in [0, 0.05) is 36.8 Å². The van der Waals surface area contributed by atoms with Crippen molar-refractivity contribution in [2.24, 2.45) is 5.92 Å². The number of unbranched alkanes of at least 4 members (excludes halogenated alkanes) is 1. The largest absolute Gasteiger partial charge is 0.416 e. The van der Waals surface area contributed by atoms with E-state index in [0.29, 0.717) is 18.2 Å². The highest BCUT2D eigenvalue weighted by molar-refractivity contribution is 5.85. The minimum absolute atomic E-state index is 0. The monoisotopic (exact) mass is 489 g/mol. The molecule has 0 amide bonds. The Bertz CT molecular complexity index is 1180. The second kappa shape index (κ2) is 9.55. The van der Waals surface area contributed by atoms with E-state index in [9.17, 15) is 18.0 Å². The van der Waals surface area contributed by atoms with Crippen molar-refractivity contribution in [3.8, 4) is 11.3 Å². The van der Waals surface area contributed by atoms with Crippen LogP contribution in [0.5, 0.6) is 0 Å². The molecular weight excluding hydrogens is 463 g/mol. The molecule has 180 valence electrons. The van der Waals surface area contributed by atoms with E-state index in [-0.39, 0.29) is 23.5 Å². The topological polar surface area (TPSA) is 38.1 Å². The van der Waals surface area contributed by atoms with Gasteiger partial charge in [-0.05, 0) is 55.5 Å². The van der Waals surface area contributed by atoms with Gasteiger partial charge in [0.2, 0.25) is 0 Å². The number of alkyl halides is 3. The number of fused-ring (bicyclic) bond motifs is 1. The van der Waals surface area contributed by atoms with Crippen LogP contribution in [0.15, 0.2) is 71.7 Å². The summed E-state index contributed by atoms with van der Waals surface area (Å²) in [6.45, 7) is 3.45. The van der Waals surface area contributed by atoms with Gasteiger partial charge < -0.3 is 4.90 Å². The summed E-state index contributed by atoms with van der Waals surface area (Å²) in [6, 6.07) is 17.2. The summed E-state index contributed by atoms with van der Waals surface area (Å²) in [4.78, 5) is 19.0. The molecule has 0 bridgehead atoms. The lowest BCUT2D eigenvalue weighted by molar-refractivity contribution is -0.137. The van der Waals surface area contributed by atoms with Crippen molar-refractivity contribution < 1.29 is 13.2 Å². The second-order valence-corrected chi connectivity index (χ2v) is 9.23. The zero-order valence-electron chi connectivity index (χ0n) is 18.7. The summed E-state index contributed by atoms with van der Waals surface area (Å²) >= 11 is 0. The van der Waals surface area contributed by atoms with Crippen LogP contribution in [0.1, 0.15) is 30.4 Å². The molecule has 2 atom stereocenters. The Morgan fingerprint density at radius 3 is 2.35 bits per heavy atom. The molecule has 0 spiro atoms. The Morgan fingerprint density at radius 2 is 1.68 bits per heavy atom. The summed E-state index contributed by atoms with van der Waals surface area (Å²) < 4.78 is 40.2. The molecule has 2 fully saturated rings. The number of hydrogen-bond acceptors (Lipinski definition) is 3. The Kier molecular flexibility index (Phi) is 6.87. The van der Waals surface area contributed by atoms with Gasteiger partial charge in [0.15, 0.2) is 0 Å². The van der Waals surface area contributed by atoms with Crippen LogP contribution in [0, 0.1) is 5.92 Å². The number of aryl methyl sites for hydroxylation is 1. The van der Waals surface area contributed by atoms with E-state index in [0.717, 1.165) is 50.0 Å². The normalized spacial score (nSPS) is 21.7. The molecule has 4 nitrogen and oxygen atoms in total. The quantitative estimate of drug-likeness (QED) is 0.417. The molecule has 5 rings (SSSR count). The zero-order chi connectivity index (χ0) is 23.1. The van der Waals surface area contributed by atoms with Crippen LogP contribution in [-0.4, -0.2) is 34.1 Å². The lowest BCUT2D eigenvalue weighted by Crippen LogP contribution is -2.28. The lowest BCUT2D eigenvalue weighted by Gasteiger charge is -2.21. The highest BCUT2D eigenvalue weighted by Gasteiger charge is 2.60. The number of halogens is 4. The van der Waals surface area contributed by atoms with E-state index < -0.39 is 11.7 Å². The summed E-state index contributed by atoms with van der Waals surface area (Å²) in [7, 11) is 0. The standard InChI is InChI=1S/C26H26F3N3O.ClH/c27-26(28,29)21-10-8-20(9-11-21)25-16-22(25)17-31(18-25)13-4-5-14-32-15-12-23(30-24(32)33)19-6-2-1-3-7-19;/h1-3,6-12,15,22H,4-5,13-14,16-18H2;1H/t22-,25+;/m0./s1. The molecule has 1 aliphatic carbocycles. The van der Waals surface area contributed by atoms with E-state index in [4.69, 9.17) is 0 Å². The van der Waals surface area contributed by atoms with Crippen molar-refractivity contribution in [1.82, 2.24) is 14.5 Å². The number of rotatable bonds is 7. The SMILES string of the molecule is Cl.O=c1nc(-c2ccccc2)ccn1CCCCN1C[C@@H]2C[C@]2(c2ccc(C(F)(F)F)cc2)C1. The van der Waals surface area contributed by atoms with Gasteiger partial charge in [0.05, 0.1) is 11.3 Å². The van der Waals surface area contributed by atoms with Gasteiger partial charge in [-0.1, -0.05) is 42.5 Å². The van der Waals surface area contributed by atoms with Crippen LogP contribution >= 0.6 is 12.4 Å². The molecule has 1 aromatic heterocycles. The maximum Gasteiger partial charge on any atom is 0.416 e. The molecule has 0 N–H and O–H groups in total. The average Bonchev–Trinajstić information content (AvgIpc) is 3.39. The molecule has 3 aromatic rings. The van der Waals surface area contributed by atoms with E-state index in [1.807, 2.05) is 42.6 Å². The molecule has 1 saturated heterocycles. The van der Waals surface area contributed by atoms with Gasteiger partial charge in [-0.25, -0.2) is 4.79 Å². The summed E-state index contributed by atoms with van der Waals surface area (Å²) in [5.74, 6) is 0.534. The molecule has 8 heteroatoms. The Balaban J connectivity index is 0.00000274. The molecular formula is C26H27ClF3N3O. The highest BCUT2D eigenvalue weighted by Crippen LogP contribution is 2.59. The summed E-state index contributed by atoms with van der Waals surface area (Å²) in [6.07, 6.45) is 0.412. The zero-order valence-corrected chi connectivity index (χ0v) is 19.5. The predicted molar refractivity (Wildman–Crippen MR) is 128 cm³/mol. The summed E-state index contributed by atoms with van der Waals surface area (Å²) in [5, 5.41) is 0. The number of aromatic nitrogens is 2. The molecule has 1 saturated carbocycles. The van der Waals surface area contributed by atoms with Crippen molar-refractivity contribution in [3.05, 3.63) is 88.5 Å². The highest BCUT2D eigenvalue weighted by atomic mass is 35.5. The third-order valence-corrected chi connectivity index (χ3v) is 7.07. The number of piperidine rings is 1. The maximum atomic E-state index is 12.8. The third kappa shape index (κ3) is 4.91. The Hall–Kier alpha value is -2.64. The van der Waals surface area contributed by atoms with E-state index in [2.05, 4.69) is 9.88 Å². The number of benzene rings is 2. The number of nitrogens with zero attached hydrogens (tertiary/aromatic N) is 3. The molecule has 2 heterocycles. The van der Waals surface area contributed by atoms with Gasteiger partial charge in [0.1, 0.15) is 0 Å². The average molecular weight is 490 g/mol. The van der Waals surface area contributed by atoms with Crippen molar-refractivity contribution in [2.75, 3.05) is 19.6 Å². The van der Waals surface area contributed by atoms with Crippen LogP contribution < -0.4 is 5.69 Å². The molecule has 34 heavy (non-hydrogen) atoms. The van der Waals surface area contributed by atoms with Crippen molar-refractivity contribution in [2.45, 2.75) is 37.4 Å². The van der Waals surface area contributed by atoms with Gasteiger partial charge >= 0.3 is 11.9 Å². The van der Waals surface area contributed by atoms with Crippen LogP contribution in [0.2, 0.25) is 0 Å².